The van der Waals surface area contributed by atoms with Gasteiger partial charge in [0.1, 0.15) is 16.4 Å². The van der Waals surface area contributed by atoms with Crippen molar-refractivity contribution in [3.8, 4) is 11.5 Å². The first-order valence-electron chi connectivity index (χ1n) is 4.32. The number of aromatic hydroxyl groups is 2. The van der Waals surface area contributed by atoms with Crippen LogP contribution in [0.2, 0.25) is 0 Å². The maximum atomic E-state index is 10.9. The number of benzene rings is 2. The fraction of sp³-hybridized carbons (Fsp3) is 0. The Morgan fingerprint density at radius 3 is 2.31 bits per heavy atom. The number of phenols is 2. The van der Waals surface area contributed by atoms with Gasteiger partial charge in [-0.1, -0.05) is 6.07 Å². The van der Waals surface area contributed by atoms with E-state index in [0.29, 0.717) is 5.39 Å². The fourth-order valence-corrected chi connectivity index (χ4v) is 2.08. The van der Waals surface area contributed by atoms with Crippen LogP contribution in [0.3, 0.4) is 0 Å². The topological polar surface area (TPSA) is 94.8 Å². The summed E-state index contributed by atoms with van der Waals surface area (Å²) in [5.74, 6) is -0.522. The van der Waals surface area contributed by atoms with Gasteiger partial charge in [-0.05, 0) is 29.7 Å². The predicted molar refractivity (Wildman–Crippen MR) is 57.1 cm³/mol. The maximum absolute atomic E-state index is 10.9. The highest BCUT2D eigenvalue weighted by Crippen LogP contribution is 2.33. The molecule has 0 aliphatic rings. The average molecular weight is 240 g/mol. The zero-order valence-corrected chi connectivity index (χ0v) is 8.77. The van der Waals surface area contributed by atoms with Gasteiger partial charge < -0.3 is 10.2 Å². The zero-order chi connectivity index (χ0) is 11.9. The molecule has 0 amide bonds. The lowest BCUT2D eigenvalue weighted by atomic mass is 10.1. The first kappa shape index (κ1) is 10.7. The molecule has 0 aliphatic heterocycles. The molecule has 0 unspecified atom stereocenters. The lowest BCUT2D eigenvalue weighted by Crippen LogP contribution is -1.98. The van der Waals surface area contributed by atoms with Crippen LogP contribution in [0.1, 0.15) is 0 Å². The standard InChI is InChI=1S/C10H8O5S/c11-7-2-3-8-6(5-7)1-4-9(10(8)12)16(13,14)15/h1-5,11-12H,(H,13,14,15). The lowest BCUT2D eigenvalue weighted by Gasteiger charge is -2.05. The van der Waals surface area contributed by atoms with Gasteiger partial charge in [0.15, 0.2) is 0 Å². The molecule has 0 aliphatic carbocycles. The van der Waals surface area contributed by atoms with Crippen LogP contribution in [0.4, 0.5) is 0 Å². The molecule has 0 aromatic heterocycles. The summed E-state index contributed by atoms with van der Waals surface area (Å²) in [7, 11) is -4.45. The Kier molecular flexibility index (Phi) is 2.25. The van der Waals surface area contributed by atoms with Gasteiger partial charge in [-0.25, -0.2) is 0 Å². The monoisotopic (exact) mass is 240 g/mol. The van der Waals surface area contributed by atoms with Crippen LogP contribution >= 0.6 is 0 Å². The summed E-state index contributed by atoms with van der Waals surface area (Å²) in [6, 6.07) is 6.53. The molecule has 0 fully saturated rings. The van der Waals surface area contributed by atoms with E-state index < -0.39 is 20.8 Å². The summed E-state index contributed by atoms with van der Waals surface area (Å²) >= 11 is 0. The van der Waals surface area contributed by atoms with Crippen molar-refractivity contribution in [2.45, 2.75) is 4.90 Å². The third-order valence-electron chi connectivity index (χ3n) is 2.22. The van der Waals surface area contributed by atoms with Crippen molar-refractivity contribution >= 4 is 20.9 Å². The number of hydrogen-bond donors (Lipinski definition) is 3. The van der Waals surface area contributed by atoms with Crippen molar-refractivity contribution in [1.29, 1.82) is 0 Å². The molecule has 2 aromatic carbocycles. The van der Waals surface area contributed by atoms with Crippen LogP contribution < -0.4 is 0 Å². The van der Waals surface area contributed by atoms with Gasteiger partial charge in [0.2, 0.25) is 0 Å². The third kappa shape index (κ3) is 1.68. The van der Waals surface area contributed by atoms with E-state index in [-0.39, 0.29) is 11.1 Å². The van der Waals surface area contributed by atoms with Gasteiger partial charge in [-0.15, -0.1) is 0 Å². The minimum atomic E-state index is -4.45. The van der Waals surface area contributed by atoms with Crippen molar-refractivity contribution in [3.05, 3.63) is 30.3 Å². The SMILES string of the molecule is O=S(=O)(O)c1ccc2cc(O)ccc2c1O. The molecule has 0 heterocycles. The Hall–Kier alpha value is -1.79. The molecule has 0 radical (unpaired) electrons. The number of fused-ring (bicyclic) bond motifs is 1. The first-order valence-corrected chi connectivity index (χ1v) is 5.76. The van der Waals surface area contributed by atoms with E-state index in [0.717, 1.165) is 6.07 Å². The van der Waals surface area contributed by atoms with E-state index in [9.17, 15) is 18.6 Å². The summed E-state index contributed by atoms with van der Waals surface area (Å²) in [6.07, 6.45) is 0. The quantitative estimate of drug-likeness (QED) is 0.656. The number of hydrogen-bond acceptors (Lipinski definition) is 4. The Morgan fingerprint density at radius 1 is 1.00 bits per heavy atom. The molecular formula is C10H8O5S. The molecule has 0 saturated heterocycles. The van der Waals surface area contributed by atoms with E-state index in [1.54, 1.807) is 0 Å². The summed E-state index contributed by atoms with van der Waals surface area (Å²) in [5.41, 5.74) is 0. The van der Waals surface area contributed by atoms with E-state index in [1.807, 2.05) is 0 Å². The van der Waals surface area contributed by atoms with Crippen LogP contribution in [-0.2, 0) is 10.1 Å². The second kappa shape index (κ2) is 3.36. The van der Waals surface area contributed by atoms with Gasteiger partial charge in [0.05, 0.1) is 0 Å². The molecule has 2 aromatic rings. The van der Waals surface area contributed by atoms with Crippen LogP contribution in [-0.4, -0.2) is 23.2 Å². The number of phenolic OH excluding ortho intramolecular Hbond substituents is 2. The van der Waals surface area contributed by atoms with Crippen molar-refractivity contribution in [3.63, 3.8) is 0 Å². The second-order valence-corrected chi connectivity index (χ2v) is 4.68. The predicted octanol–water partition coefficient (Wildman–Crippen LogP) is 1.50. The molecule has 84 valence electrons. The Labute approximate surface area is 91.3 Å². The molecule has 6 heteroatoms. The third-order valence-corrected chi connectivity index (χ3v) is 3.10. The maximum Gasteiger partial charge on any atom is 0.298 e. The van der Waals surface area contributed by atoms with Crippen molar-refractivity contribution in [2.24, 2.45) is 0 Å². The molecule has 16 heavy (non-hydrogen) atoms. The molecule has 3 N–H and O–H groups in total. The summed E-state index contributed by atoms with van der Waals surface area (Å²) in [5, 5.41) is 19.6. The molecule has 0 saturated carbocycles. The van der Waals surface area contributed by atoms with E-state index in [1.165, 1.54) is 24.3 Å². The summed E-state index contributed by atoms with van der Waals surface area (Å²) in [6.45, 7) is 0. The van der Waals surface area contributed by atoms with E-state index >= 15 is 0 Å². The Balaban J connectivity index is 2.86. The van der Waals surface area contributed by atoms with Gasteiger partial charge in [0.25, 0.3) is 10.1 Å². The highest BCUT2D eigenvalue weighted by Gasteiger charge is 2.17. The second-order valence-electron chi connectivity index (χ2n) is 3.29. The Bertz CT molecular complexity index is 660. The van der Waals surface area contributed by atoms with Crippen LogP contribution in [0, 0.1) is 0 Å². The number of rotatable bonds is 1. The minimum absolute atomic E-state index is 0.00602. The first-order chi connectivity index (χ1) is 7.39. The highest BCUT2D eigenvalue weighted by atomic mass is 32.2. The van der Waals surface area contributed by atoms with E-state index in [4.69, 9.17) is 4.55 Å². The normalized spacial score (nSPS) is 11.8. The zero-order valence-electron chi connectivity index (χ0n) is 7.95. The smallest absolute Gasteiger partial charge is 0.298 e. The van der Waals surface area contributed by atoms with Gasteiger partial charge in [-0.2, -0.15) is 8.42 Å². The van der Waals surface area contributed by atoms with E-state index in [2.05, 4.69) is 0 Å². The molecular weight excluding hydrogens is 232 g/mol. The molecule has 0 bridgehead atoms. The van der Waals surface area contributed by atoms with Gasteiger partial charge >= 0.3 is 0 Å². The highest BCUT2D eigenvalue weighted by molar-refractivity contribution is 7.86. The molecule has 0 atom stereocenters. The van der Waals surface area contributed by atoms with Gasteiger partial charge in [-0.3, -0.25) is 4.55 Å². The van der Waals surface area contributed by atoms with Crippen molar-refractivity contribution < 1.29 is 23.2 Å². The fourth-order valence-electron chi connectivity index (χ4n) is 1.49. The minimum Gasteiger partial charge on any atom is -0.508 e. The summed E-state index contributed by atoms with van der Waals surface area (Å²) in [4.78, 5) is -0.550. The molecule has 2 rings (SSSR count). The average Bonchev–Trinajstić information content (AvgIpc) is 2.15. The Morgan fingerprint density at radius 2 is 1.69 bits per heavy atom. The largest absolute Gasteiger partial charge is 0.508 e. The van der Waals surface area contributed by atoms with Crippen LogP contribution in [0.15, 0.2) is 35.2 Å². The van der Waals surface area contributed by atoms with Crippen molar-refractivity contribution in [2.75, 3.05) is 0 Å². The molecule has 5 nitrogen and oxygen atoms in total. The van der Waals surface area contributed by atoms with Gasteiger partial charge in [0, 0.05) is 5.39 Å². The summed E-state index contributed by atoms with van der Waals surface area (Å²) < 4.78 is 30.7. The lowest BCUT2D eigenvalue weighted by molar-refractivity contribution is 0.448. The van der Waals surface area contributed by atoms with Crippen LogP contribution in [0.5, 0.6) is 11.5 Å². The molecule has 0 spiro atoms. The van der Waals surface area contributed by atoms with Crippen LogP contribution in [0.25, 0.3) is 10.8 Å². The van der Waals surface area contributed by atoms with Crippen molar-refractivity contribution in [1.82, 2.24) is 0 Å².